The number of benzene rings is 1. The van der Waals surface area contributed by atoms with E-state index in [1.807, 2.05) is 34.9 Å². The molecule has 1 saturated heterocycles. The number of fused-ring (bicyclic) bond motifs is 1. The highest BCUT2D eigenvalue weighted by atomic mass is 32.1. The fraction of sp³-hybridized carbons (Fsp3) is 0.391. The first-order chi connectivity index (χ1) is 14.4. The highest BCUT2D eigenvalue weighted by Crippen LogP contribution is 2.28. The van der Waals surface area contributed by atoms with Gasteiger partial charge in [0.05, 0.1) is 0 Å². The number of amides is 3. The van der Waals surface area contributed by atoms with Crippen LogP contribution in [0.25, 0.3) is 10.2 Å². The smallest absolute Gasteiger partial charge is 0.319 e. The second kappa shape index (κ2) is 8.14. The van der Waals surface area contributed by atoms with Crippen molar-refractivity contribution in [2.45, 2.75) is 26.4 Å². The van der Waals surface area contributed by atoms with Crippen LogP contribution < -0.4 is 0 Å². The summed E-state index contributed by atoms with van der Waals surface area (Å²) in [7, 11) is 3.52. The lowest BCUT2D eigenvalue weighted by atomic mass is 10.1. The highest BCUT2D eigenvalue weighted by Gasteiger charge is 2.32. The number of carbonyl (C=O) groups excluding carboxylic acids is 2. The number of hydrogen-bond donors (Lipinski definition) is 0. The lowest BCUT2D eigenvalue weighted by Gasteiger charge is -2.40. The van der Waals surface area contributed by atoms with Gasteiger partial charge in [-0.15, -0.1) is 11.3 Å². The van der Waals surface area contributed by atoms with E-state index < -0.39 is 0 Å². The SMILES string of the molecule is Cc1ccccc1Cn1c(C(=O)N2CCN(C(=O)N(C)C)C(C)C2)cc2ccsc21. The molecule has 0 spiro atoms. The van der Waals surface area contributed by atoms with Crippen molar-refractivity contribution in [2.24, 2.45) is 0 Å². The van der Waals surface area contributed by atoms with E-state index in [4.69, 9.17) is 0 Å². The quantitative estimate of drug-likeness (QED) is 0.641. The topological polar surface area (TPSA) is 48.8 Å². The van der Waals surface area contributed by atoms with E-state index in [0.717, 1.165) is 15.9 Å². The lowest BCUT2D eigenvalue weighted by molar-refractivity contribution is 0.0543. The average Bonchev–Trinajstić information content (AvgIpc) is 3.31. The van der Waals surface area contributed by atoms with Crippen molar-refractivity contribution >= 4 is 33.5 Å². The van der Waals surface area contributed by atoms with E-state index in [1.165, 1.54) is 11.1 Å². The maximum Gasteiger partial charge on any atom is 0.319 e. The van der Waals surface area contributed by atoms with Crippen molar-refractivity contribution in [1.82, 2.24) is 19.3 Å². The van der Waals surface area contributed by atoms with E-state index in [2.05, 4.69) is 35.1 Å². The standard InChI is InChI=1S/C23H28N4O2S/c1-16-7-5-6-8-19(16)15-27-20(13-18-9-12-30-22(18)27)21(28)25-10-11-26(17(2)14-25)23(29)24(3)4/h5-9,12-13,17H,10-11,14-15H2,1-4H3. The molecular formula is C23H28N4O2S. The summed E-state index contributed by atoms with van der Waals surface area (Å²) < 4.78 is 2.15. The minimum Gasteiger partial charge on any atom is -0.334 e. The first-order valence-electron chi connectivity index (χ1n) is 10.2. The van der Waals surface area contributed by atoms with Crippen LogP contribution in [0.3, 0.4) is 0 Å². The molecule has 1 aromatic carbocycles. The Balaban J connectivity index is 1.61. The van der Waals surface area contributed by atoms with Crippen LogP contribution >= 0.6 is 11.3 Å². The van der Waals surface area contributed by atoms with Crippen LogP contribution in [0.2, 0.25) is 0 Å². The number of nitrogens with zero attached hydrogens (tertiary/aromatic N) is 4. The number of urea groups is 1. The van der Waals surface area contributed by atoms with Gasteiger partial charge in [0.15, 0.2) is 0 Å². The van der Waals surface area contributed by atoms with Crippen LogP contribution in [0.5, 0.6) is 0 Å². The molecule has 0 N–H and O–H groups in total. The maximum atomic E-state index is 13.5. The van der Waals surface area contributed by atoms with Crippen molar-refractivity contribution in [3.05, 3.63) is 58.6 Å². The Labute approximate surface area is 181 Å². The number of hydrogen-bond acceptors (Lipinski definition) is 3. The van der Waals surface area contributed by atoms with Crippen LogP contribution in [-0.4, -0.2) is 71.0 Å². The van der Waals surface area contributed by atoms with Gasteiger partial charge in [-0.05, 0) is 42.5 Å². The molecule has 4 rings (SSSR count). The molecule has 0 saturated carbocycles. The Hall–Kier alpha value is -2.80. The maximum absolute atomic E-state index is 13.5. The second-order valence-corrected chi connectivity index (χ2v) is 9.09. The van der Waals surface area contributed by atoms with Gasteiger partial charge in [-0.3, -0.25) is 4.79 Å². The molecule has 1 unspecified atom stereocenters. The molecule has 3 aromatic rings. The largest absolute Gasteiger partial charge is 0.334 e. The Morgan fingerprint density at radius 1 is 1.17 bits per heavy atom. The average molecular weight is 425 g/mol. The first kappa shape index (κ1) is 20.5. The molecule has 0 bridgehead atoms. The third kappa shape index (κ3) is 3.69. The van der Waals surface area contributed by atoms with Gasteiger partial charge in [-0.25, -0.2) is 4.79 Å². The van der Waals surface area contributed by atoms with Gasteiger partial charge in [0.1, 0.15) is 10.5 Å². The minimum atomic E-state index is -0.0153. The predicted molar refractivity (Wildman–Crippen MR) is 121 cm³/mol. The zero-order valence-corrected chi connectivity index (χ0v) is 18.8. The molecule has 0 aliphatic carbocycles. The van der Waals surface area contributed by atoms with Crippen LogP contribution in [0.4, 0.5) is 4.79 Å². The van der Waals surface area contributed by atoms with Gasteiger partial charge in [0, 0.05) is 51.7 Å². The summed E-state index contributed by atoms with van der Waals surface area (Å²) in [6, 6.07) is 12.4. The van der Waals surface area contributed by atoms with Crippen molar-refractivity contribution < 1.29 is 9.59 Å². The van der Waals surface area contributed by atoms with Crippen molar-refractivity contribution in [3.63, 3.8) is 0 Å². The van der Waals surface area contributed by atoms with Crippen molar-refractivity contribution in [2.75, 3.05) is 33.7 Å². The van der Waals surface area contributed by atoms with Crippen molar-refractivity contribution in [3.8, 4) is 0 Å². The van der Waals surface area contributed by atoms with Crippen molar-refractivity contribution in [1.29, 1.82) is 0 Å². The summed E-state index contributed by atoms with van der Waals surface area (Å²) >= 11 is 1.67. The highest BCUT2D eigenvalue weighted by molar-refractivity contribution is 7.16. The summed E-state index contributed by atoms with van der Waals surface area (Å²) in [6.45, 7) is 6.43. The molecule has 2 aromatic heterocycles. The predicted octanol–water partition coefficient (Wildman–Crippen LogP) is 3.89. The Kier molecular flexibility index (Phi) is 5.56. The molecule has 7 heteroatoms. The van der Waals surface area contributed by atoms with Crippen LogP contribution in [0, 0.1) is 6.92 Å². The second-order valence-electron chi connectivity index (χ2n) is 8.19. The van der Waals surface area contributed by atoms with Gasteiger partial charge in [0.2, 0.25) is 0 Å². The number of aryl methyl sites for hydroxylation is 1. The van der Waals surface area contributed by atoms with Gasteiger partial charge in [-0.2, -0.15) is 0 Å². The molecule has 158 valence electrons. The van der Waals surface area contributed by atoms with Gasteiger partial charge in [-0.1, -0.05) is 24.3 Å². The van der Waals surface area contributed by atoms with E-state index in [-0.39, 0.29) is 18.0 Å². The minimum absolute atomic E-state index is 0.00181. The first-order valence-corrected chi connectivity index (χ1v) is 11.1. The zero-order valence-electron chi connectivity index (χ0n) is 18.0. The van der Waals surface area contributed by atoms with E-state index in [1.54, 1.807) is 30.3 Å². The Morgan fingerprint density at radius 3 is 2.63 bits per heavy atom. The molecule has 30 heavy (non-hydrogen) atoms. The Morgan fingerprint density at radius 2 is 1.93 bits per heavy atom. The van der Waals surface area contributed by atoms with E-state index in [9.17, 15) is 9.59 Å². The van der Waals surface area contributed by atoms with Gasteiger partial charge in [0.25, 0.3) is 5.91 Å². The normalized spacial score (nSPS) is 16.9. The summed E-state index contributed by atoms with van der Waals surface area (Å²) in [5.74, 6) is 0.0378. The van der Waals surface area contributed by atoms with Crippen LogP contribution in [0.1, 0.15) is 28.5 Å². The molecule has 3 amide bonds. The molecule has 3 heterocycles. The molecular weight excluding hydrogens is 396 g/mol. The molecule has 1 aliphatic rings. The van der Waals surface area contributed by atoms with E-state index >= 15 is 0 Å². The third-order valence-electron chi connectivity index (χ3n) is 5.85. The molecule has 6 nitrogen and oxygen atoms in total. The fourth-order valence-electron chi connectivity index (χ4n) is 4.11. The summed E-state index contributed by atoms with van der Waals surface area (Å²) in [6.07, 6.45) is 0. The molecule has 0 radical (unpaired) electrons. The fourth-order valence-corrected chi connectivity index (χ4v) is 5.01. The molecule has 1 fully saturated rings. The van der Waals surface area contributed by atoms with Gasteiger partial charge >= 0.3 is 6.03 Å². The summed E-state index contributed by atoms with van der Waals surface area (Å²) in [5, 5.41) is 3.17. The third-order valence-corrected chi connectivity index (χ3v) is 6.81. The summed E-state index contributed by atoms with van der Waals surface area (Å²) in [4.78, 5) is 32.3. The Bertz CT molecular complexity index is 1080. The molecule has 1 atom stereocenters. The van der Waals surface area contributed by atoms with Crippen LogP contribution in [-0.2, 0) is 6.54 Å². The monoisotopic (exact) mass is 424 g/mol. The summed E-state index contributed by atoms with van der Waals surface area (Å²) in [5.41, 5.74) is 3.16. The molecule has 1 aliphatic heterocycles. The zero-order chi connectivity index (χ0) is 21.4. The van der Waals surface area contributed by atoms with E-state index in [0.29, 0.717) is 26.2 Å². The number of aromatic nitrogens is 1. The number of rotatable bonds is 3. The lowest BCUT2D eigenvalue weighted by Crippen LogP contribution is -2.57. The van der Waals surface area contributed by atoms with Crippen LogP contribution in [0.15, 0.2) is 41.8 Å². The number of carbonyl (C=O) groups is 2. The van der Waals surface area contributed by atoms with Gasteiger partial charge < -0.3 is 19.3 Å². The number of piperazine rings is 1. The number of thiophene rings is 1.